The summed E-state index contributed by atoms with van der Waals surface area (Å²) in [7, 11) is 0. The molecule has 1 fully saturated rings. The monoisotopic (exact) mass is 454 g/mol. The Balaban J connectivity index is 1.35. The molecule has 1 aliphatic heterocycles. The van der Waals surface area contributed by atoms with Crippen LogP contribution in [0.2, 0.25) is 0 Å². The van der Waals surface area contributed by atoms with Gasteiger partial charge in [0.05, 0.1) is 5.69 Å². The summed E-state index contributed by atoms with van der Waals surface area (Å²) in [6, 6.07) is 12.3. The molecule has 0 spiro atoms. The molecule has 0 aliphatic carbocycles. The van der Waals surface area contributed by atoms with Gasteiger partial charge >= 0.3 is 0 Å². The summed E-state index contributed by atoms with van der Waals surface area (Å²) >= 11 is 0. The molecule has 2 heterocycles. The first-order valence-corrected chi connectivity index (χ1v) is 10.4. The number of hydrogen-bond acceptors (Lipinski definition) is 4. The molecule has 170 valence electrons. The Morgan fingerprint density at radius 2 is 1.64 bits per heavy atom. The Labute approximate surface area is 188 Å². The van der Waals surface area contributed by atoms with Gasteiger partial charge in [-0.05, 0) is 49.2 Å². The molecule has 2 amide bonds. The number of hydrogen-bond donors (Lipinski definition) is 2. The lowest BCUT2D eigenvalue weighted by Gasteiger charge is -2.32. The number of carbonyl (C=O) groups is 2. The van der Waals surface area contributed by atoms with Crippen molar-refractivity contribution >= 4 is 29.0 Å². The summed E-state index contributed by atoms with van der Waals surface area (Å²) in [5, 5.41) is 5.17. The highest BCUT2D eigenvalue weighted by atomic mass is 19.2. The summed E-state index contributed by atoms with van der Waals surface area (Å²) in [6.45, 7) is 1.06. The van der Waals surface area contributed by atoms with Crippen LogP contribution in [0, 0.1) is 23.4 Å². The normalized spacial score (nSPS) is 14.1. The van der Waals surface area contributed by atoms with Crippen molar-refractivity contribution in [1.82, 2.24) is 4.98 Å². The maximum absolute atomic E-state index is 13.8. The molecular weight excluding hydrogens is 433 g/mol. The Morgan fingerprint density at radius 3 is 2.36 bits per heavy atom. The molecule has 3 aromatic rings. The van der Waals surface area contributed by atoms with Gasteiger partial charge < -0.3 is 15.5 Å². The number of nitrogens with zero attached hydrogens (tertiary/aromatic N) is 2. The largest absolute Gasteiger partial charge is 0.357 e. The van der Waals surface area contributed by atoms with E-state index in [9.17, 15) is 22.8 Å². The number of piperidine rings is 1. The van der Waals surface area contributed by atoms with E-state index in [-0.39, 0.29) is 23.2 Å². The predicted octanol–water partition coefficient (Wildman–Crippen LogP) is 4.61. The quantitative estimate of drug-likeness (QED) is 0.591. The van der Waals surface area contributed by atoms with Gasteiger partial charge in [-0.15, -0.1) is 0 Å². The van der Waals surface area contributed by atoms with E-state index >= 15 is 0 Å². The zero-order chi connectivity index (χ0) is 23.4. The molecule has 6 nitrogen and oxygen atoms in total. The summed E-state index contributed by atoms with van der Waals surface area (Å²) in [4.78, 5) is 31.3. The highest BCUT2D eigenvalue weighted by Crippen LogP contribution is 2.24. The van der Waals surface area contributed by atoms with Gasteiger partial charge in [-0.2, -0.15) is 0 Å². The van der Waals surface area contributed by atoms with Crippen LogP contribution in [0.3, 0.4) is 0 Å². The Bertz CT molecular complexity index is 1180. The van der Waals surface area contributed by atoms with Crippen LogP contribution in [-0.4, -0.2) is 29.9 Å². The number of rotatable bonds is 5. The Hall–Kier alpha value is -3.88. The fourth-order valence-electron chi connectivity index (χ4n) is 3.68. The third-order valence-corrected chi connectivity index (χ3v) is 5.51. The second-order valence-corrected chi connectivity index (χ2v) is 7.72. The van der Waals surface area contributed by atoms with E-state index in [2.05, 4.69) is 15.6 Å². The van der Waals surface area contributed by atoms with Gasteiger partial charge in [0.15, 0.2) is 11.6 Å². The number of carbonyl (C=O) groups excluding carboxylic acids is 2. The van der Waals surface area contributed by atoms with Gasteiger partial charge in [0, 0.05) is 42.5 Å². The van der Waals surface area contributed by atoms with Crippen LogP contribution in [0.15, 0.2) is 60.8 Å². The number of amides is 2. The molecule has 2 aromatic carbocycles. The SMILES string of the molecule is O=C(Nc1ccccc1F)c1ccnc(N2CCC(C(=O)Nc3ccc(F)c(F)c3)CC2)c1. The van der Waals surface area contributed by atoms with Crippen molar-refractivity contribution in [1.29, 1.82) is 0 Å². The number of nitrogens with one attached hydrogen (secondary N) is 2. The molecule has 1 aliphatic rings. The highest BCUT2D eigenvalue weighted by molar-refractivity contribution is 6.04. The van der Waals surface area contributed by atoms with Gasteiger partial charge in [0.2, 0.25) is 5.91 Å². The Kier molecular flexibility index (Phi) is 6.58. The number of aromatic nitrogens is 1. The van der Waals surface area contributed by atoms with Gasteiger partial charge in [0.25, 0.3) is 5.91 Å². The van der Waals surface area contributed by atoms with E-state index in [4.69, 9.17) is 0 Å². The number of para-hydroxylation sites is 1. The summed E-state index contributed by atoms with van der Waals surface area (Å²) in [5.74, 6) is -2.94. The molecule has 0 saturated carbocycles. The van der Waals surface area contributed by atoms with E-state index in [1.807, 2.05) is 4.90 Å². The third-order valence-electron chi connectivity index (χ3n) is 5.51. The maximum atomic E-state index is 13.8. The number of anilines is 3. The molecule has 1 saturated heterocycles. The molecule has 2 N–H and O–H groups in total. The minimum absolute atomic E-state index is 0.0914. The number of halogens is 3. The smallest absolute Gasteiger partial charge is 0.255 e. The van der Waals surface area contributed by atoms with Crippen molar-refractivity contribution < 1.29 is 22.8 Å². The van der Waals surface area contributed by atoms with E-state index in [1.54, 1.807) is 18.2 Å². The average Bonchev–Trinajstić information content (AvgIpc) is 2.83. The van der Waals surface area contributed by atoms with Gasteiger partial charge in [-0.25, -0.2) is 18.2 Å². The van der Waals surface area contributed by atoms with Gasteiger partial charge in [-0.1, -0.05) is 12.1 Å². The van der Waals surface area contributed by atoms with E-state index in [0.29, 0.717) is 37.3 Å². The molecule has 0 atom stereocenters. The molecule has 33 heavy (non-hydrogen) atoms. The molecule has 0 radical (unpaired) electrons. The second-order valence-electron chi connectivity index (χ2n) is 7.72. The highest BCUT2D eigenvalue weighted by Gasteiger charge is 2.26. The molecule has 1 aromatic heterocycles. The van der Waals surface area contributed by atoms with Crippen LogP contribution in [0.4, 0.5) is 30.4 Å². The van der Waals surface area contributed by atoms with Crippen molar-refractivity contribution in [3.63, 3.8) is 0 Å². The molecular formula is C24H21F3N4O2. The van der Waals surface area contributed by atoms with Gasteiger partial charge in [0.1, 0.15) is 11.6 Å². The fraction of sp³-hybridized carbons (Fsp3) is 0.208. The van der Waals surface area contributed by atoms with Crippen molar-refractivity contribution in [2.75, 3.05) is 28.6 Å². The zero-order valence-corrected chi connectivity index (χ0v) is 17.5. The van der Waals surface area contributed by atoms with E-state index in [0.717, 1.165) is 12.1 Å². The minimum atomic E-state index is -1.02. The van der Waals surface area contributed by atoms with Crippen LogP contribution < -0.4 is 15.5 Å². The van der Waals surface area contributed by atoms with Crippen molar-refractivity contribution in [2.24, 2.45) is 5.92 Å². The standard InChI is InChI=1S/C24H21F3N4O2/c25-18-6-5-17(14-20(18)27)29-23(32)15-8-11-31(12-9-15)22-13-16(7-10-28-22)24(33)30-21-4-2-1-3-19(21)26/h1-7,10,13-15H,8-9,11-12H2,(H,29,32)(H,30,33). The summed E-state index contributed by atoms with van der Waals surface area (Å²) in [6.07, 6.45) is 2.57. The lowest BCUT2D eigenvalue weighted by molar-refractivity contribution is -0.120. The third kappa shape index (κ3) is 5.31. The zero-order valence-electron chi connectivity index (χ0n) is 17.5. The van der Waals surface area contributed by atoms with Gasteiger partial charge in [-0.3, -0.25) is 9.59 Å². The topological polar surface area (TPSA) is 74.3 Å². The summed E-state index contributed by atoms with van der Waals surface area (Å²) < 4.78 is 40.2. The summed E-state index contributed by atoms with van der Waals surface area (Å²) in [5.41, 5.74) is 0.631. The van der Waals surface area contributed by atoms with Crippen LogP contribution in [0.5, 0.6) is 0 Å². The molecule has 9 heteroatoms. The first-order valence-electron chi connectivity index (χ1n) is 10.4. The van der Waals surface area contributed by atoms with Crippen LogP contribution in [0.25, 0.3) is 0 Å². The van der Waals surface area contributed by atoms with Crippen molar-refractivity contribution in [3.8, 4) is 0 Å². The van der Waals surface area contributed by atoms with E-state index in [1.165, 1.54) is 30.5 Å². The van der Waals surface area contributed by atoms with E-state index < -0.39 is 23.4 Å². The van der Waals surface area contributed by atoms with Crippen LogP contribution >= 0.6 is 0 Å². The fourth-order valence-corrected chi connectivity index (χ4v) is 3.68. The lowest BCUT2D eigenvalue weighted by Crippen LogP contribution is -2.38. The maximum Gasteiger partial charge on any atom is 0.255 e. The lowest BCUT2D eigenvalue weighted by atomic mass is 9.95. The number of benzene rings is 2. The van der Waals surface area contributed by atoms with Crippen LogP contribution in [-0.2, 0) is 4.79 Å². The Morgan fingerprint density at radius 1 is 0.879 bits per heavy atom. The van der Waals surface area contributed by atoms with Crippen molar-refractivity contribution in [3.05, 3.63) is 83.8 Å². The molecule has 4 rings (SSSR count). The second kappa shape index (κ2) is 9.72. The first-order chi connectivity index (χ1) is 15.9. The number of pyridine rings is 1. The minimum Gasteiger partial charge on any atom is -0.357 e. The predicted molar refractivity (Wildman–Crippen MR) is 119 cm³/mol. The first kappa shape index (κ1) is 22.3. The average molecular weight is 454 g/mol. The van der Waals surface area contributed by atoms with Crippen molar-refractivity contribution in [2.45, 2.75) is 12.8 Å². The molecule has 0 unspecified atom stereocenters. The molecule has 0 bridgehead atoms. The van der Waals surface area contributed by atoms with Crippen LogP contribution in [0.1, 0.15) is 23.2 Å².